The number of ketones is 1. The van der Waals surface area contributed by atoms with Gasteiger partial charge in [0.2, 0.25) is 0 Å². The molecule has 2 rings (SSSR count). The molecule has 1 amide bonds. The molecule has 0 aliphatic carbocycles. The van der Waals surface area contributed by atoms with Gasteiger partial charge in [0.05, 0.1) is 13.0 Å². The first-order valence-electron chi connectivity index (χ1n) is 10.3. The van der Waals surface area contributed by atoms with Gasteiger partial charge in [-0.2, -0.15) is 0 Å². The highest BCUT2D eigenvalue weighted by Crippen LogP contribution is 2.19. The molecule has 1 saturated heterocycles. The van der Waals surface area contributed by atoms with Gasteiger partial charge in [-0.05, 0) is 56.4 Å². The Morgan fingerprint density at radius 1 is 1.07 bits per heavy atom. The third-order valence-electron chi connectivity index (χ3n) is 4.98. The Morgan fingerprint density at radius 3 is 2.50 bits per heavy atom. The molecule has 1 unspecified atom stereocenters. The Morgan fingerprint density at radius 2 is 1.82 bits per heavy atom. The van der Waals surface area contributed by atoms with E-state index in [0.717, 1.165) is 44.4 Å². The van der Waals surface area contributed by atoms with E-state index < -0.39 is 5.97 Å². The zero-order valence-corrected chi connectivity index (χ0v) is 16.9. The van der Waals surface area contributed by atoms with Crippen LogP contribution in [0.5, 0.6) is 5.75 Å². The van der Waals surface area contributed by atoms with Crippen LogP contribution in [0.4, 0.5) is 0 Å². The van der Waals surface area contributed by atoms with Crippen molar-refractivity contribution < 1.29 is 23.9 Å². The number of nitrogens with zero attached hydrogens (tertiary/aromatic N) is 1. The van der Waals surface area contributed by atoms with Gasteiger partial charge in [-0.25, -0.2) is 0 Å². The van der Waals surface area contributed by atoms with Gasteiger partial charge in [0.15, 0.2) is 12.4 Å². The Kier molecular flexibility index (Phi) is 8.98. The maximum Gasteiger partial charge on any atom is 0.306 e. The summed E-state index contributed by atoms with van der Waals surface area (Å²) in [4.78, 5) is 38.3. The fourth-order valence-corrected chi connectivity index (χ4v) is 3.37. The summed E-state index contributed by atoms with van der Waals surface area (Å²) >= 11 is 0. The summed E-state index contributed by atoms with van der Waals surface area (Å²) in [7, 11) is 0. The molecular formula is C22H31NO5. The lowest BCUT2D eigenvalue weighted by Crippen LogP contribution is -2.45. The van der Waals surface area contributed by atoms with Crippen molar-refractivity contribution in [2.75, 3.05) is 19.8 Å². The van der Waals surface area contributed by atoms with E-state index in [1.165, 1.54) is 0 Å². The van der Waals surface area contributed by atoms with Crippen molar-refractivity contribution in [1.29, 1.82) is 0 Å². The molecule has 1 aliphatic heterocycles. The average molecular weight is 389 g/mol. The molecule has 154 valence electrons. The van der Waals surface area contributed by atoms with E-state index in [0.29, 0.717) is 12.2 Å². The van der Waals surface area contributed by atoms with E-state index in [-0.39, 0.29) is 37.2 Å². The highest BCUT2D eigenvalue weighted by molar-refractivity contribution is 5.97. The zero-order chi connectivity index (χ0) is 20.4. The largest absolute Gasteiger partial charge is 0.494 e. The quantitative estimate of drug-likeness (QED) is 0.450. The van der Waals surface area contributed by atoms with Crippen LogP contribution in [0.2, 0.25) is 0 Å². The minimum atomic E-state index is -0.519. The number of hydrogen-bond acceptors (Lipinski definition) is 5. The lowest BCUT2D eigenvalue weighted by Gasteiger charge is -2.35. The third-order valence-corrected chi connectivity index (χ3v) is 4.98. The third kappa shape index (κ3) is 6.66. The lowest BCUT2D eigenvalue weighted by molar-refractivity contribution is -0.153. The molecule has 1 aliphatic rings. The molecule has 0 aromatic heterocycles. The van der Waals surface area contributed by atoms with E-state index in [4.69, 9.17) is 9.47 Å². The standard InChI is InChI=1S/C22H31NO5/c1-3-15-27-19-10-8-17(9-11-19)20(24)12-13-22(26)28-16-21(25)23-14-6-5-7-18(23)4-2/h8-11,18H,3-7,12-16H2,1-2H3. The number of carbonyl (C=O) groups excluding carboxylic acids is 3. The summed E-state index contributed by atoms with van der Waals surface area (Å²) in [5, 5.41) is 0. The molecule has 0 N–H and O–H groups in total. The van der Waals surface area contributed by atoms with Crippen molar-refractivity contribution in [3.63, 3.8) is 0 Å². The number of ether oxygens (including phenoxy) is 2. The van der Waals surface area contributed by atoms with Crippen molar-refractivity contribution in [2.24, 2.45) is 0 Å². The minimum absolute atomic E-state index is 0.0304. The summed E-state index contributed by atoms with van der Waals surface area (Å²) in [6, 6.07) is 7.14. The van der Waals surface area contributed by atoms with Gasteiger partial charge >= 0.3 is 5.97 Å². The second kappa shape index (κ2) is 11.5. The number of benzene rings is 1. The SMILES string of the molecule is CCCOc1ccc(C(=O)CCC(=O)OCC(=O)N2CCCCC2CC)cc1. The fraction of sp³-hybridized carbons (Fsp3) is 0.591. The fourth-order valence-electron chi connectivity index (χ4n) is 3.37. The van der Waals surface area contributed by atoms with E-state index in [9.17, 15) is 14.4 Å². The lowest BCUT2D eigenvalue weighted by atomic mass is 10.00. The predicted molar refractivity (Wildman–Crippen MR) is 106 cm³/mol. The highest BCUT2D eigenvalue weighted by atomic mass is 16.5. The van der Waals surface area contributed by atoms with Crippen LogP contribution in [0.3, 0.4) is 0 Å². The molecular weight excluding hydrogens is 358 g/mol. The first-order chi connectivity index (χ1) is 13.5. The van der Waals surface area contributed by atoms with Crippen molar-refractivity contribution in [2.45, 2.75) is 64.8 Å². The number of Topliss-reactive ketones (excluding diaryl/α,β-unsaturated/α-hetero) is 1. The minimum Gasteiger partial charge on any atom is -0.494 e. The summed E-state index contributed by atoms with van der Waals surface area (Å²) in [5.74, 6) is -0.0737. The van der Waals surface area contributed by atoms with Crippen LogP contribution >= 0.6 is 0 Å². The summed E-state index contributed by atoms with van der Waals surface area (Å²) in [5.41, 5.74) is 0.534. The van der Waals surface area contributed by atoms with Crippen molar-refractivity contribution >= 4 is 17.7 Å². The van der Waals surface area contributed by atoms with Gasteiger partial charge < -0.3 is 14.4 Å². The van der Waals surface area contributed by atoms with Gasteiger partial charge in [-0.1, -0.05) is 13.8 Å². The number of carbonyl (C=O) groups is 3. The number of hydrogen-bond donors (Lipinski definition) is 0. The second-order valence-corrected chi connectivity index (χ2v) is 7.10. The van der Waals surface area contributed by atoms with Gasteiger partial charge in [-0.3, -0.25) is 14.4 Å². The van der Waals surface area contributed by atoms with Gasteiger partial charge in [0.1, 0.15) is 5.75 Å². The number of esters is 1. The van der Waals surface area contributed by atoms with Crippen LogP contribution in [0.1, 0.15) is 69.2 Å². The maximum absolute atomic E-state index is 12.3. The molecule has 1 heterocycles. The van der Waals surface area contributed by atoms with Crippen LogP contribution in [0.25, 0.3) is 0 Å². The van der Waals surface area contributed by atoms with E-state index >= 15 is 0 Å². The molecule has 0 saturated carbocycles. The predicted octanol–water partition coefficient (Wildman–Crippen LogP) is 3.77. The first-order valence-corrected chi connectivity index (χ1v) is 10.3. The van der Waals surface area contributed by atoms with Gasteiger partial charge in [0, 0.05) is 24.6 Å². The zero-order valence-electron chi connectivity index (χ0n) is 16.9. The van der Waals surface area contributed by atoms with Gasteiger partial charge in [-0.15, -0.1) is 0 Å². The van der Waals surface area contributed by atoms with E-state index in [1.54, 1.807) is 24.3 Å². The molecule has 1 fully saturated rings. The van der Waals surface area contributed by atoms with Crippen molar-refractivity contribution in [1.82, 2.24) is 4.90 Å². The maximum atomic E-state index is 12.3. The topological polar surface area (TPSA) is 72.9 Å². The number of rotatable bonds is 10. The van der Waals surface area contributed by atoms with Crippen LogP contribution in [-0.4, -0.2) is 48.4 Å². The molecule has 0 radical (unpaired) electrons. The Labute approximate surface area is 167 Å². The number of amides is 1. The molecule has 6 nitrogen and oxygen atoms in total. The van der Waals surface area contributed by atoms with Crippen LogP contribution in [0.15, 0.2) is 24.3 Å². The smallest absolute Gasteiger partial charge is 0.306 e. The first kappa shape index (κ1) is 21.9. The van der Waals surface area contributed by atoms with E-state index in [1.807, 2.05) is 11.8 Å². The van der Waals surface area contributed by atoms with Gasteiger partial charge in [0.25, 0.3) is 5.91 Å². The second-order valence-electron chi connectivity index (χ2n) is 7.10. The average Bonchev–Trinajstić information content (AvgIpc) is 2.74. The van der Waals surface area contributed by atoms with Crippen molar-refractivity contribution in [3.8, 4) is 5.75 Å². The Hall–Kier alpha value is -2.37. The van der Waals surface area contributed by atoms with Crippen LogP contribution in [0, 0.1) is 0 Å². The Balaban J connectivity index is 1.72. The molecule has 1 aromatic carbocycles. The molecule has 0 bridgehead atoms. The normalized spacial score (nSPS) is 16.5. The summed E-state index contributed by atoms with van der Waals surface area (Å²) in [6.07, 6.45) is 5.00. The molecule has 1 aromatic rings. The summed E-state index contributed by atoms with van der Waals surface area (Å²) < 4.78 is 10.6. The Bertz CT molecular complexity index is 655. The monoisotopic (exact) mass is 389 g/mol. The molecule has 0 spiro atoms. The highest BCUT2D eigenvalue weighted by Gasteiger charge is 2.25. The van der Waals surface area contributed by atoms with Crippen molar-refractivity contribution in [3.05, 3.63) is 29.8 Å². The molecule has 1 atom stereocenters. The summed E-state index contributed by atoms with van der Waals surface area (Å²) in [6.45, 7) is 5.21. The number of likely N-dealkylation sites (tertiary alicyclic amines) is 1. The van der Waals surface area contributed by atoms with Crippen LogP contribution < -0.4 is 4.74 Å². The van der Waals surface area contributed by atoms with E-state index in [2.05, 4.69) is 6.92 Å². The molecule has 28 heavy (non-hydrogen) atoms. The van der Waals surface area contributed by atoms with Crippen LogP contribution in [-0.2, 0) is 14.3 Å². The number of piperidine rings is 1. The molecule has 6 heteroatoms.